The molecule has 0 aromatic heterocycles. The second-order valence-corrected chi connectivity index (χ2v) is 5.41. The molecule has 0 amide bonds. The van der Waals surface area contributed by atoms with Gasteiger partial charge in [-0.2, -0.15) is 5.26 Å². The first-order valence-corrected chi connectivity index (χ1v) is 6.60. The van der Waals surface area contributed by atoms with Gasteiger partial charge in [0.05, 0.1) is 17.2 Å². The lowest BCUT2D eigenvalue weighted by molar-refractivity contribution is 0.0501. The van der Waals surface area contributed by atoms with Crippen molar-refractivity contribution in [1.82, 2.24) is 0 Å². The number of hydrogen-bond acceptors (Lipinski definition) is 3. The van der Waals surface area contributed by atoms with Crippen LogP contribution >= 0.6 is 0 Å². The van der Waals surface area contributed by atoms with Crippen LogP contribution < -0.4 is 4.90 Å². The maximum atomic E-state index is 14.0. The summed E-state index contributed by atoms with van der Waals surface area (Å²) in [5, 5.41) is 19.2. The number of benzene rings is 1. The summed E-state index contributed by atoms with van der Waals surface area (Å²) in [5.74, 6) is -0.457. The van der Waals surface area contributed by atoms with Crippen LogP contribution in [0.1, 0.15) is 37.8 Å². The van der Waals surface area contributed by atoms with E-state index in [1.165, 1.54) is 6.07 Å². The number of aliphatic hydroxyl groups is 1. The highest BCUT2D eigenvalue weighted by atomic mass is 19.1. The summed E-state index contributed by atoms with van der Waals surface area (Å²) in [6.07, 6.45) is 1.47. The second-order valence-electron chi connectivity index (χ2n) is 5.41. The smallest absolute Gasteiger partial charge is 0.145 e. The highest BCUT2D eigenvalue weighted by Crippen LogP contribution is 2.36. The zero-order valence-corrected chi connectivity index (χ0v) is 11.6. The lowest BCUT2D eigenvalue weighted by Gasteiger charge is -2.33. The SMILES string of the molecule is CC[C@@H]1N(c2ccc(C#N)c(F)c2C)CC[C@]1(C)O. The van der Waals surface area contributed by atoms with Crippen LogP contribution in [0.15, 0.2) is 12.1 Å². The zero-order valence-electron chi connectivity index (χ0n) is 11.6. The van der Waals surface area contributed by atoms with E-state index in [-0.39, 0.29) is 11.6 Å². The van der Waals surface area contributed by atoms with Crippen molar-refractivity contribution in [3.05, 3.63) is 29.1 Å². The van der Waals surface area contributed by atoms with Crippen molar-refractivity contribution in [2.75, 3.05) is 11.4 Å². The van der Waals surface area contributed by atoms with Crippen LogP contribution in [0.25, 0.3) is 0 Å². The van der Waals surface area contributed by atoms with Crippen LogP contribution in [0.2, 0.25) is 0 Å². The van der Waals surface area contributed by atoms with Gasteiger partial charge in [-0.1, -0.05) is 6.92 Å². The molecule has 0 aliphatic carbocycles. The monoisotopic (exact) mass is 262 g/mol. The fraction of sp³-hybridized carbons (Fsp3) is 0.533. The number of anilines is 1. The summed E-state index contributed by atoms with van der Waals surface area (Å²) in [7, 11) is 0. The normalized spacial score (nSPS) is 26.5. The van der Waals surface area contributed by atoms with E-state index in [0.29, 0.717) is 18.5 Å². The van der Waals surface area contributed by atoms with Gasteiger partial charge in [-0.05, 0) is 38.8 Å². The molecule has 1 N–H and O–H groups in total. The van der Waals surface area contributed by atoms with Crippen LogP contribution in [0.4, 0.5) is 10.1 Å². The molecule has 0 radical (unpaired) electrons. The maximum Gasteiger partial charge on any atom is 0.145 e. The number of halogens is 1. The van der Waals surface area contributed by atoms with Gasteiger partial charge in [0.2, 0.25) is 0 Å². The second kappa shape index (κ2) is 4.82. The fourth-order valence-electron chi connectivity index (χ4n) is 3.03. The molecule has 4 heteroatoms. The Hall–Kier alpha value is -1.60. The Bertz CT molecular complexity index is 534. The molecule has 1 saturated heterocycles. The van der Waals surface area contributed by atoms with Gasteiger partial charge in [-0.3, -0.25) is 0 Å². The van der Waals surface area contributed by atoms with Crippen LogP contribution in [-0.4, -0.2) is 23.3 Å². The summed E-state index contributed by atoms with van der Waals surface area (Å²) in [6, 6.07) is 5.13. The Kier molecular flexibility index (Phi) is 3.51. The molecule has 1 aromatic rings. The lowest BCUT2D eigenvalue weighted by Crippen LogP contribution is -2.42. The Morgan fingerprint density at radius 2 is 2.26 bits per heavy atom. The van der Waals surface area contributed by atoms with Gasteiger partial charge in [-0.15, -0.1) is 0 Å². The summed E-state index contributed by atoms with van der Waals surface area (Å²) < 4.78 is 14.0. The average Bonchev–Trinajstić information content (AvgIpc) is 2.67. The van der Waals surface area contributed by atoms with Gasteiger partial charge < -0.3 is 10.0 Å². The first kappa shape index (κ1) is 13.8. The number of nitrogens with zero attached hydrogens (tertiary/aromatic N) is 2. The van der Waals surface area contributed by atoms with Crippen molar-refractivity contribution < 1.29 is 9.50 Å². The van der Waals surface area contributed by atoms with E-state index in [2.05, 4.69) is 4.90 Å². The summed E-state index contributed by atoms with van der Waals surface area (Å²) in [6.45, 7) is 6.24. The minimum absolute atomic E-state index is 0.0152. The molecule has 1 aliphatic rings. The Balaban J connectivity index is 2.44. The molecule has 1 heterocycles. The highest BCUT2D eigenvalue weighted by Gasteiger charge is 2.41. The van der Waals surface area contributed by atoms with Crippen molar-refractivity contribution in [2.45, 2.75) is 45.3 Å². The van der Waals surface area contributed by atoms with Crippen LogP contribution in [0.5, 0.6) is 0 Å². The topological polar surface area (TPSA) is 47.3 Å². The van der Waals surface area contributed by atoms with Crippen molar-refractivity contribution >= 4 is 5.69 Å². The van der Waals surface area contributed by atoms with E-state index in [4.69, 9.17) is 5.26 Å². The van der Waals surface area contributed by atoms with Gasteiger partial charge in [0, 0.05) is 17.8 Å². The molecule has 2 atom stereocenters. The Morgan fingerprint density at radius 3 is 2.84 bits per heavy atom. The maximum absolute atomic E-state index is 14.0. The van der Waals surface area contributed by atoms with Crippen LogP contribution in [-0.2, 0) is 0 Å². The molecule has 19 heavy (non-hydrogen) atoms. The fourth-order valence-corrected chi connectivity index (χ4v) is 3.03. The summed E-state index contributed by atoms with van der Waals surface area (Å²) >= 11 is 0. The van der Waals surface area contributed by atoms with Gasteiger partial charge in [-0.25, -0.2) is 4.39 Å². The minimum atomic E-state index is -0.744. The molecule has 1 aliphatic heterocycles. The first-order chi connectivity index (χ1) is 8.92. The average molecular weight is 262 g/mol. The first-order valence-electron chi connectivity index (χ1n) is 6.60. The summed E-state index contributed by atoms with van der Waals surface area (Å²) in [4.78, 5) is 2.06. The van der Waals surface area contributed by atoms with Crippen molar-refractivity contribution in [2.24, 2.45) is 0 Å². The van der Waals surface area contributed by atoms with Crippen molar-refractivity contribution in [3.63, 3.8) is 0 Å². The molecule has 0 bridgehead atoms. The van der Waals surface area contributed by atoms with Crippen LogP contribution in [0, 0.1) is 24.1 Å². The highest BCUT2D eigenvalue weighted by molar-refractivity contribution is 5.59. The molecule has 1 aromatic carbocycles. The third-order valence-corrected chi connectivity index (χ3v) is 4.13. The van der Waals surface area contributed by atoms with E-state index >= 15 is 0 Å². The molecule has 2 rings (SSSR count). The minimum Gasteiger partial charge on any atom is -0.388 e. The van der Waals surface area contributed by atoms with E-state index in [9.17, 15) is 9.50 Å². The molecule has 1 fully saturated rings. The van der Waals surface area contributed by atoms with Crippen molar-refractivity contribution in [3.8, 4) is 6.07 Å². The predicted octanol–water partition coefficient (Wildman–Crippen LogP) is 2.75. The van der Waals surface area contributed by atoms with E-state index < -0.39 is 11.4 Å². The molecule has 0 saturated carbocycles. The summed E-state index contributed by atoms with van der Waals surface area (Å²) in [5.41, 5.74) is 0.586. The standard InChI is InChI=1S/C15H19FN2O/c1-4-13-15(3,19)7-8-18(13)12-6-5-11(9-17)14(16)10(12)2/h5-6,13,19H,4,7-8H2,1-3H3/t13-,15-/m0/s1. The molecule has 3 nitrogen and oxygen atoms in total. The molecule has 102 valence electrons. The van der Waals surface area contributed by atoms with Crippen LogP contribution in [0.3, 0.4) is 0 Å². The van der Waals surface area contributed by atoms with E-state index in [1.54, 1.807) is 13.0 Å². The molecular weight excluding hydrogens is 243 g/mol. The van der Waals surface area contributed by atoms with E-state index in [1.807, 2.05) is 19.9 Å². The number of hydrogen-bond donors (Lipinski definition) is 1. The molecule has 0 spiro atoms. The van der Waals surface area contributed by atoms with Gasteiger partial charge in [0.15, 0.2) is 0 Å². The predicted molar refractivity (Wildman–Crippen MR) is 72.5 cm³/mol. The Morgan fingerprint density at radius 1 is 1.58 bits per heavy atom. The van der Waals surface area contributed by atoms with Gasteiger partial charge in [0.1, 0.15) is 11.9 Å². The molecule has 0 unspecified atom stereocenters. The largest absolute Gasteiger partial charge is 0.388 e. The van der Waals surface area contributed by atoms with E-state index in [0.717, 1.165) is 12.1 Å². The Labute approximate surface area is 113 Å². The number of nitriles is 1. The molecular formula is C15H19FN2O. The van der Waals surface area contributed by atoms with Gasteiger partial charge >= 0.3 is 0 Å². The van der Waals surface area contributed by atoms with Gasteiger partial charge in [0.25, 0.3) is 0 Å². The zero-order chi connectivity index (χ0) is 14.2. The third-order valence-electron chi connectivity index (χ3n) is 4.13. The van der Waals surface area contributed by atoms with Crippen molar-refractivity contribution in [1.29, 1.82) is 5.26 Å². The number of rotatable bonds is 2. The quantitative estimate of drug-likeness (QED) is 0.891. The third kappa shape index (κ3) is 2.19. The lowest BCUT2D eigenvalue weighted by atomic mass is 9.95.